The lowest BCUT2D eigenvalue weighted by Crippen LogP contribution is -1.94. The number of phenolic OH excluding ortho intramolecular Hbond substituents is 2. The quantitative estimate of drug-likeness (QED) is 0.770. The highest BCUT2D eigenvalue weighted by molar-refractivity contribution is 5.71. The van der Waals surface area contributed by atoms with Gasteiger partial charge in [0.2, 0.25) is 0 Å². The SMILES string of the molecule is COc1cc(-c2cc(-c3ccc(O)c(OC)c3)n(C)n2)ccc1O. The summed E-state index contributed by atoms with van der Waals surface area (Å²) in [6.45, 7) is 0. The molecule has 0 fully saturated rings. The lowest BCUT2D eigenvalue weighted by Gasteiger charge is -2.06. The molecule has 0 bridgehead atoms. The number of benzene rings is 2. The largest absolute Gasteiger partial charge is 0.504 e. The summed E-state index contributed by atoms with van der Waals surface area (Å²) >= 11 is 0. The van der Waals surface area contributed by atoms with Gasteiger partial charge in [-0.05, 0) is 42.5 Å². The van der Waals surface area contributed by atoms with Crippen molar-refractivity contribution in [3.63, 3.8) is 0 Å². The maximum Gasteiger partial charge on any atom is 0.161 e. The van der Waals surface area contributed by atoms with E-state index in [9.17, 15) is 10.2 Å². The van der Waals surface area contributed by atoms with E-state index in [0.29, 0.717) is 11.5 Å². The van der Waals surface area contributed by atoms with Gasteiger partial charge in [0, 0.05) is 18.2 Å². The van der Waals surface area contributed by atoms with Crippen molar-refractivity contribution in [3.05, 3.63) is 42.5 Å². The van der Waals surface area contributed by atoms with Gasteiger partial charge in [0.25, 0.3) is 0 Å². The molecule has 0 amide bonds. The standard InChI is InChI=1S/C18H18N2O4/c1-20-14(12-5-7-16(22)18(9-12)24-3)10-13(19-20)11-4-6-15(21)17(8-11)23-2/h4-10,21-22H,1-3H3. The van der Waals surface area contributed by atoms with Crippen LogP contribution in [0.25, 0.3) is 22.5 Å². The Kier molecular flexibility index (Phi) is 4.04. The van der Waals surface area contributed by atoms with Crippen LogP contribution in [0.3, 0.4) is 0 Å². The van der Waals surface area contributed by atoms with Gasteiger partial charge in [-0.15, -0.1) is 0 Å². The number of rotatable bonds is 4. The monoisotopic (exact) mass is 326 g/mol. The van der Waals surface area contributed by atoms with Crippen molar-refractivity contribution in [1.82, 2.24) is 9.78 Å². The maximum absolute atomic E-state index is 9.73. The predicted molar refractivity (Wildman–Crippen MR) is 90.5 cm³/mol. The second-order valence-electron chi connectivity index (χ2n) is 5.31. The van der Waals surface area contributed by atoms with Gasteiger partial charge < -0.3 is 19.7 Å². The van der Waals surface area contributed by atoms with Gasteiger partial charge in [-0.1, -0.05) is 0 Å². The molecule has 0 saturated carbocycles. The van der Waals surface area contributed by atoms with Crippen LogP contribution in [0, 0.1) is 0 Å². The molecule has 0 aliphatic rings. The molecule has 24 heavy (non-hydrogen) atoms. The van der Waals surface area contributed by atoms with Crippen LogP contribution < -0.4 is 9.47 Å². The third-order valence-electron chi connectivity index (χ3n) is 3.83. The van der Waals surface area contributed by atoms with Gasteiger partial charge in [-0.2, -0.15) is 5.10 Å². The first-order chi connectivity index (χ1) is 11.5. The zero-order valence-electron chi connectivity index (χ0n) is 13.6. The minimum atomic E-state index is 0.0840. The highest BCUT2D eigenvalue weighted by atomic mass is 16.5. The van der Waals surface area contributed by atoms with E-state index >= 15 is 0 Å². The van der Waals surface area contributed by atoms with Crippen LogP contribution in [-0.4, -0.2) is 34.2 Å². The van der Waals surface area contributed by atoms with E-state index in [2.05, 4.69) is 5.10 Å². The summed E-state index contributed by atoms with van der Waals surface area (Å²) in [5.74, 6) is 0.972. The number of aromatic hydroxyl groups is 2. The number of aryl methyl sites for hydroxylation is 1. The van der Waals surface area contributed by atoms with Gasteiger partial charge in [0.15, 0.2) is 23.0 Å². The van der Waals surface area contributed by atoms with Crippen molar-refractivity contribution in [2.75, 3.05) is 14.2 Å². The van der Waals surface area contributed by atoms with Crippen LogP contribution in [0.2, 0.25) is 0 Å². The predicted octanol–water partition coefficient (Wildman–Crippen LogP) is 3.18. The molecule has 2 aromatic carbocycles. The molecule has 0 spiro atoms. The number of methoxy groups -OCH3 is 2. The number of nitrogens with zero attached hydrogens (tertiary/aromatic N) is 2. The fourth-order valence-corrected chi connectivity index (χ4v) is 2.55. The number of aromatic nitrogens is 2. The zero-order valence-corrected chi connectivity index (χ0v) is 13.6. The van der Waals surface area contributed by atoms with Gasteiger partial charge >= 0.3 is 0 Å². The smallest absolute Gasteiger partial charge is 0.161 e. The zero-order chi connectivity index (χ0) is 17.3. The van der Waals surface area contributed by atoms with Gasteiger partial charge in [-0.25, -0.2) is 0 Å². The third-order valence-corrected chi connectivity index (χ3v) is 3.83. The average molecular weight is 326 g/mol. The lowest BCUT2D eigenvalue weighted by molar-refractivity contribution is 0.373. The van der Waals surface area contributed by atoms with Crippen molar-refractivity contribution in [3.8, 4) is 45.5 Å². The molecule has 1 aromatic heterocycles. The molecular weight excluding hydrogens is 308 g/mol. The Morgan fingerprint density at radius 3 is 1.96 bits per heavy atom. The lowest BCUT2D eigenvalue weighted by atomic mass is 10.1. The first-order valence-corrected chi connectivity index (χ1v) is 7.32. The van der Waals surface area contributed by atoms with Crippen molar-refractivity contribution < 1.29 is 19.7 Å². The first-order valence-electron chi connectivity index (χ1n) is 7.32. The average Bonchev–Trinajstić information content (AvgIpc) is 2.97. The summed E-state index contributed by atoms with van der Waals surface area (Å²) in [4.78, 5) is 0. The van der Waals surface area contributed by atoms with Gasteiger partial charge in [-0.3, -0.25) is 4.68 Å². The van der Waals surface area contributed by atoms with E-state index < -0.39 is 0 Å². The van der Waals surface area contributed by atoms with E-state index in [1.165, 1.54) is 14.2 Å². The molecule has 2 N–H and O–H groups in total. The summed E-state index contributed by atoms with van der Waals surface area (Å²) in [5, 5.41) is 24.0. The third kappa shape index (κ3) is 2.74. The number of hydrogen-bond acceptors (Lipinski definition) is 5. The fraction of sp³-hybridized carbons (Fsp3) is 0.167. The highest BCUT2D eigenvalue weighted by Crippen LogP contribution is 2.35. The molecule has 124 valence electrons. The second kappa shape index (κ2) is 6.16. The van der Waals surface area contributed by atoms with Crippen LogP contribution in [0.15, 0.2) is 42.5 Å². The molecule has 6 nitrogen and oxygen atoms in total. The van der Waals surface area contributed by atoms with Crippen molar-refractivity contribution in [1.29, 1.82) is 0 Å². The minimum absolute atomic E-state index is 0.0840. The topological polar surface area (TPSA) is 76.7 Å². The van der Waals surface area contributed by atoms with Gasteiger partial charge in [0.05, 0.1) is 25.6 Å². The first kappa shape index (κ1) is 15.7. The molecule has 0 atom stereocenters. The van der Waals surface area contributed by atoms with Crippen molar-refractivity contribution in [2.45, 2.75) is 0 Å². The van der Waals surface area contributed by atoms with Gasteiger partial charge in [0.1, 0.15) is 0 Å². The Labute approximate surface area is 139 Å². The Bertz CT molecular complexity index is 887. The molecule has 0 aliphatic carbocycles. The number of phenols is 2. The molecule has 0 aliphatic heterocycles. The summed E-state index contributed by atoms with van der Waals surface area (Å²) in [7, 11) is 4.86. The molecule has 0 saturated heterocycles. The van der Waals surface area contributed by atoms with E-state index in [-0.39, 0.29) is 11.5 Å². The second-order valence-corrected chi connectivity index (χ2v) is 5.31. The molecule has 6 heteroatoms. The van der Waals surface area contributed by atoms with Crippen LogP contribution >= 0.6 is 0 Å². The van der Waals surface area contributed by atoms with E-state index in [1.54, 1.807) is 41.1 Å². The fourth-order valence-electron chi connectivity index (χ4n) is 2.55. The summed E-state index contributed by atoms with van der Waals surface area (Å²) < 4.78 is 12.1. The van der Waals surface area contributed by atoms with Crippen molar-refractivity contribution >= 4 is 0 Å². The number of ether oxygens (including phenoxy) is 2. The summed E-state index contributed by atoms with van der Waals surface area (Å²) in [5.41, 5.74) is 3.32. The Morgan fingerprint density at radius 2 is 1.38 bits per heavy atom. The summed E-state index contributed by atoms with van der Waals surface area (Å²) in [6.07, 6.45) is 0. The molecular formula is C18H18N2O4. The van der Waals surface area contributed by atoms with E-state index in [0.717, 1.165) is 22.5 Å². The van der Waals surface area contributed by atoms with Crippen LogP contribution in [0.5, 0.6) is 23.0 Å². The van der Waals surface area contributed by atoms with Crippen LogP contribution in [0.4, 0.5) is 0 Å². The Morgan fingerprint density at radius 1 is 0.833 bits per heavy atom. The molecule has 3 rings (SSSR count). The summed E-state index contributed by atoms with van der Waals surface area (Å²) in [6, 6.07) is 12.2. The highest BCUT2D eigenvalue weighted by Gasteiger charge is 2.13. The maximum atomic E-state index is 9.73. The molecule has 0 unspecified atom stereocenters. The Hall–Kier alpha value is -3.15. The van der Waals surface area contributed by atoms with Crippen molar-refractivity contribution in [2.24, 2.45) is 7.05 Å². The van der Waals surface area contributed by atoms with E-state index in [4.69, 9.17) is 9.47 Å². The van der Waals surface area contributed by atoms with Crippen LogP contribution in [-0.2, 0) is 7.05 Å². The minimum Gasteiger partial charge on any atom is -0.504 e. The van der Waals surface area contributed by atoms with E-state index in [1.807, 2.05) is 13.1 Å². The molecule has 3 aromatic rings. The number of hydrogen-bond donors (Lipinski definition) is 2. The normalized spacial score (nSPS) is 10.6. The Balaban J connectivity index is 2.05. The van der Waals surface area contributed by atoms with Crippen LogP contribution in [0.1, 0.15) is 0 Å². The molecule has 0 radical (unpaired) electrons. The molecule has 1 heterocycles.